The Morgan fingerprint density at radius 2 is 1.00 bits per heavy atom. The first-order chi connectivity index (χ1) is 7.66. The van der Waals surface area contributed by atoms with Crippen LogP contribution in [0, 0.1) is 0 Å². The van der Waals surface area contributed by atoms with E-state index in [9.17, 15) is 0 Å². The van der Waals surface area contributed by atoms with Crippen LogP contribution in [-0.4, -0.2) is 36.2 Å². The second-order valence-electron chi connectivity index (χ2n) is 4.34. The average Bonchev–Trinajstić information content (AvgIpc) is 2.20. The van der Waals surface area contributed by atoms with Gasteiger partial charge >= 0.3 is 0 Å². The molecule has 0 heterocycles. The lowest BCUT2D eigenvalue weighted by atomic mass is 10.5. The SMILES string of the molecule is CCC[P+](CCC)(CCC)CCC.O=CO. The molecule has 0 aliphatic rings. The van der Waals surface area contributed by atoms with Gasteiger partial charge in [-0.15, -0.1) is 0 Å². The standard InChI is InChI=1S/C12H28P.CH2O2/c1-5-9-13(10-6-2,11-7-3)12-8-4;2-1-3/h5-12H2,1-4H3;1H,(H,2,3)/q+1;. The summed E-state index contributed by atoms with van der Waals surface area (Å²) in [6.45, 7) is 9.18. The van der Waals surface area contributed by atoms with Crippen molar-refractivity contribution in [2.75, 3.05) is 24.6 Å². The molecule has 2 nitrogen and oxygen atoms in total. The fourth-order valence-corrected chi connectivity index (χ4v) is 7.70. The highest BCUT2D eigenvalue weighted by Crippen LogP contribution is 2.60. The summed E-state index contributed by atoms with van der Waals surface area (Å²) in [7, 11) is -0.496. The third-order valence-corrected chi connectivity index (χ3v) is 8.38. The van der Waals surface area contributed by atoms with Crippen molar-refractivity contribution < 1.29 is 9.90 Å². The molecule has 0 aromatic heterocycles. The quantitative estimate of drug-likeness (QED) is 0.513. The summed E-state index contributed by atoms with van der Waals surface area (Å²) in [6.07, 6.45) is 11.9. The zero-order valence-corrected chi connectivity index (χ0v) is 12.4. The van der Waals surface area contributed by atoms with Crippen molar-refractivity contribution in [3.05, 3.63) is 0 Å². The third kappa shape index (κ3) is 9.15. The summed E-state index contributed by atoms with van der Waals surface area (Å²) >= 11 is 0. The molecule has 3 heteroatoms. The Labute approximate surface area is 102 Å². The molecule has 0 aromatic carbocycles. The van der Waals surface area contributed by atoms with Crippen LogP contribution in [0.4, 0.5) is 0 Å². The van der Waals surface area contributed by atoms with Crippen LogP contribution in [0.1, 0.15) is 53.4 Å². The molecule has 0 amide bonds. The van der Waals surface area contributed by atoms with E-state index in [-0.39, 0.29) is 6.47 Å². The Balaban J connectivity index is 0. The van der Waals surface area contributed by atoms with Gasteiger partial charge in [-0.3, -0.25) is 4.79 Å². The summed E-state index contributed by atoms with van der Waals surface area (Å²) in [4.78, 5) is 8.36. The molecule has 0 bridgehead atoms. The van der Waals surface area contributed by atoms with Gasteiger partial charge in [-0.25, -0.2) is 0 Å². The Morgan fingerprint density at radius 1 is 0.812 bits per heavy atom. The molecular formula is C13H30O2P+. The van der Waals surface area contributed by atoms with Crippen molar-refractivity contribution in [2.45, 2.75) is 53.4 Å². The highest BCUT2D eigenvalue weighted by Gasteiger charge is 2.32. The summed E-state index contributed by atoms with van der Waals surface area (Å²) in [5.74, 6) is 0. The molecule has 0 rings (SSSR count). The molecule has 1 N–H and O–H groups in total. The maximum atomic E-state index is 8.36. The van der Waals surface area contributed by atoms with Gasteiger partial charge in [0.05, 0.1) is 24.6 Å². The van der Waals surface area contributed by atoms with Gasteiger partial charge in [0.1, 0.15) is 0 Å². The van der Waals surface area contributed by atoms with E-state index < -0.39 is 7.26 Å². The molecule has 0 aromatic rings. The van der Waals surface area contributed by atoms with Gasteiger partial charge < -0.3 is 5.11 Å². The maximum absolute atomic E-state index is 8.36. The lowest BCUT2D eigenvalue weighted by molar-refractivity contribution is -0.122. The molecule has 0 spiro atoms. The Morgan fingerprint density at radius 3 is 1.12 bits per heavy atom. The number of hydrogen-bond acceptors (Lipinski definition) is 1. The topological polar surface area (TPSA) is 37.3 Å². The molecule has 0 aliphatic heterocycles. The van der Waals surface area contributed by atoms with Crippen LogP contribution in [0.25, 0.3) is 0 Å². The van der Waals surface area contributed by atoms with Crippen LogP contribution in [0.2, 0.25) is 0 Å². The van der Waals surface area contributed by atoms with Crippen LogP contribution in [0.5, 0.6) is 0 Å². The van der Waals surface area contributed by atoms with Crippen molar-refractivity contribution in [1.29, 1.82) is 0 Å². The largest absolute Gasteiger partial charge is 0.483 e. The molecule has 0 atom stereocenters. The summed E-state index contributed by atoms with van der Waals surface area (Å²) in [5, 5.41) is 6.89. The average molecular weight is 249 g/mol. The highest BCUT2D eigenvalue weighted by molar-refractivity contribution is 7.75. The predicted octanol–water partition coefficient (Wildman–Crippen LogP) is 4.34. The monoisotopic (exact) mass is 249 g/mol. The summed E-state index contributed by atoms with van der Waals surface area (Å²) < 4.78 is 0. The van der Waals surface area contributed by atoms with E-state index in [2.05, 4.69) is 27.7 Å². The van der Waals surface area contributed by atoms with E-state index >= 15 is 0 Å². The van der Waals surface area contributed by atoms with Crippen molar-refractivity contribution in [3.8, 4) is 0 Å². The van der Waals surface area contributed by atoms with Crippen molar-refractivity contribution >= 4 is 13.7 Å². The van der Waals surface area contributed by atoms with Gasteiger partial charge in [0.25, 0.3) is 6.47 Å². The maximum Gasteiger partial charge on any atom is 0.290 e. The molecule has 0 saturated heterocycles. The van der Waals surface area contributed by atoms with Gasteiger partial charge in [-0.2, -0.15) is 0 Å². The first kappa shape index (κ1) is 18.3. The second-order valence-corrected chi connectivity index (χ2v) is 8.81. The Hall–Kier alpha value is -0.100. The first-order valence-corrected chi connectivity index (χ1v) is 9.12. The molecule has 0 radical (unpaired) electrons. The van der Waals surface area contributed by atoms with Crippen LogP contribution < -0.4 is 0 Å². The highest BCUT2D eigenvalue weighted by atomic mass is 31.2. The molecule has 0 saturated carbocycles. The van der Waals surface area contributed by atoms with E-state index in [1.807, 2.05) is 0 Å². The number of carbonyl (C=O) groups is 1. The fraction of sp³-hybridized carbons (Fsp3) is 0.923. The van der Waals surface area contributed by atoms with E-state index in [1.54, 1.807) is 24.6 Å². The van der Waals surface area contributed by atoms with Gasteiger partial charge in [0, 0.05) is 7.26 Å². The zero-order chi connectivity index (χ0) is 12.9. The lowest BCUT2D eigenvalue weighted by Gasteiger charge is -2.26. The van der Waals surface area contributed by atoms with Crippen LogP contribution in [0.3, 0.4) is 0 Å². The molecule has 98 valence electrons. The minimum absolute atomic E-state index is 0.250. The molecule has 16 heavy (non-hydrogen) atoms. The van der Waals surface area contributed by atoms with E-state index in [0.29, 0.717) is 0 Å². The van der Waals surface area contributed by atoms with E-state index in [4.69, 9.17) is 9.90 Å². The number of rotatable bonds is 8. The number of hydrogen-bond donors (Lipinski definition) is 1. The predicted molar refractivity (Wildman–Crippen MR) is 76.2 cm³/mol. The fourth-order valence-electron chi connectivity index (χ4n) is 2.57. The van der Waals surface area contributed by atoms with Gasteiger partial charge in [-0.1, -0.05) is 27.7 Å². The Bertz CT molecular complexity index is 119. The second kappa shape index (κ2) is 13.0. The molecule has 0 fully saturated rings. The normalized spacial score (nSPS) is 10.5. The minimum Gasteiger partial charge on any atom is -0.483 e. The van der Waals surface area contributed by atoms with Gasteiger partial charge in [0.2, 0.25) is 0 Å². The molecular weight excluding hydrogens is 219 g/mol. The Kier molecular flexibility index (Phi) is 14.8. The third-order valence-electron chi connectivity index (χ3n) is 2.79. The smallest absolute Gasteiger partial charge is 0.290 e. The van der Waals surface area contributed by atoms with Crippen molar-refractivity contribution in [3.63, 3.8) is 0 Å². The molecule has 0 unspecified atom stereocenters. The zero-order valence-electron chi connectivity index (χ0n) is 11.5. The van der Waals surface area contributed by atoms with Gasteiger partial charge in [0.15, 0.2) is 0 Å². The van der Waals surface area contributed by atoms with Crippen molar-refractivity contribution in [2.24, 2.45) is 0 Å². The van der Waals surface area contributed by atoms with Crippen LogP contribution >= 0.6 is 7.26 Å². The molecule has 0 aliphatic carbocycles. The van der Waals surface area contributed by atoms with Gasteiger partial charge in [-0.05, 0) is 25.7 Å². The van der Waals surface area contributed by atoms with Crippen LogP contribution in [-0.2, 0) is 4.79 Å². The van der Waals surface area contributed by atoms with E-state index in [1.165, 1.54) is 25.7 Å². The van der Waals surface area contributed by atoms with Crippen molar-refractivity contribution in [1.82, 2.24) is 0 Å². The lowest BCUT2D eigenvalue weighted by Crippen LogP contribution is -2.10. The van der Waals surface area contributed by atoms with Crippen LogP contribution in [0.15, 0.2) is 0 Å². The summed E-state index contributed by atoms with van der Waals surface area (Å²) in [5.41, 5.74) is 0. The number of carboxylic acid groups (broad SMARTS) is 1. The minimum atomic E-state index is -0.496. The summed E-state index contributed by atoms with van der Waals surface area (Å²) in [6, 6.07) is 0. The van der Waals surface area contributed by atoms with E-state index in [0.717, 1.165) is 0 Å². The first-order valence-electron chi connectivity index (χ1n) is 6.59.